The molecule has 9 heteroatoms. The summed E-state index contributed by atoms with van der Waals surface area (Å²) in [6.07, 6.45) is 2.56. The summed E-state index contributed by atoms with van der Waals surface area (Å²) in [6, 6.07) is 19.3. The Kier molecular flexibility index (Phi) is 8.26. The van der Waals surface area contributed by atoms with Gasteiger partial charge in [-0.25, -0.2) is 4.39 Å². The number of ketones is 1. The molecule has 3 aromatic carbocycles. The van der Waals surface area contributed by atoms with Crippen molar-refractivity contribution >= 4 is 27.3 Å². The number of aryl methyl sites for hydroxylation is 1. The second kappa shape index (κ2) is 11.7. The van der Waals surface area contributed by atoms with Crippen LogP contribution in [0.15, 0.2) is 71.6 Å². The third-order valence-electron chi connectivity index (χ3n) is 8.24. The van der Waals surface area contributed by atoms with Crippen LogP contribution in [0.2, 0.25) is 0 Å². The van der Waals surface area contributed by atoms with Gasteiger partial charge >= 0.3 is 0 Å². The van der Waals surface area contributed by atoms with Gasteiger partial charge in [-0.3, -0.25) is 9.35 Å². The van der Waals surface area contributed by atoms with Crippen molar-refractivity contribution in [2.24, 2.45) is 0 Å². The molecule has 7 nitrogen and oxygen atoms in total. The summed E-state index contributed by atoms with van der Waals surface area (Å²) >= 11 is 0. The summed E-state index contributed by atoms with van der Waals surface area (Å²) < 4.78 is 42.6. The molecule has 40 heavy (non-hydrogen) atoms. The van der Waals surface area contributed by atoms with E-state index in [0.717, 1.165) is 44.7 Å². The molecule has 3 aliphatic heterocycles. The van der Waals surface area contributed by atoms with Crippen LogP contribution in [0.1, 0.15) is 46.7 Å². The Hall–Kier alpha value is -3.27. The molecular weight excluding hydrogens is 529 g/mol. The van der Waals surface area contributed by atoms with Crippen molar-refractivity contribution in [2.75, 3.05) is 49.6 Å². The molecule has 0 aliphatic carbocycles. The minimum absolute atomic E-state index is 0.0666. The van der Waals surface area contributed by atoms with E-state index in [1.165, 1.54) is 47.6 Å². The van der Waals surface area contributed by atoms with Gasteiger partial charge in [0.15, 0.2) is 5.78 Å². The summed E-state index contributed by atoms with van der Waals surface area (Å²) in [5.74, 6) is 0.377. The van der Waals surface area contributed by atoms with Crippen molar-refractivity contribution in [1.82, 2.24) is 4.90 Å². The first-order valence-electron chi connectivity index (χ1n) is 13.8. The van der Waals surface area contributed by atoms with Crippen LogP contribution >= 0.6 is 0 Å². The van der Waals surface area contributed by atoms with E-state index in [1.807, 2.05) is 6.92 Å². The fourth-order valence-electron chi connectivity index (χ4n) is 6.13. The van der Waals surface area contributed by atoms with E-state index < -0.39 is 10.1 Å². The Morgan fingerprint density at radius 1 is 1.00 bits per heavy atom. The van der Waals surface area contributed by atoms with E-state index in [1.54, 1.807) is 24.3 Å². The first-order valence-corrected chi connectivity index (χ1v) is 15.2. The lowest BCUT2D eigenvalue weighted by Crippen LogP contribution is -2.49. The van der Waals surface area contributed by atoms with E-state index in [0.29, 0.717) is 23.9 Å². The smallest absolute Gasteiger partial charge is 0.294 e. The van der Waals surface area contributed by atoms with Crippen molar-refractivity contribution in [2.45, 2.75) is 43.0 Å². The summed E-state index contributed by atoms with van der Waals surface area (Å²) in [5.41, 5.74) is 5.91. The normalized spacial score (nSPS) is 19.9. The zero-order chi connectivity index (χ0) is 28.4. The van der Waals surface area contributed by atoms with Crippen LogP contribution in [0.3, 0.4) is 0 Å². The van der Waals surface area contributed by atoms with Crippen LogP contribution < -0.4 is 9.80 Å². The van der Waals surface area contributed by atoms with Crippen LogP contribution in [0.25, 0.3) is 0 Å². The second-order valence-corrected chi connectivity index (χ2v) is 12.3. The molecule has 0 amide bonds. The van der Waals surface area contributed by atoms with Crippen LogP contribution in [0.4, 0.5) is 15.8 Å². The predicted octanol–water partition coefficient (Wildman–Crippen LogP) is 5.16. The Morgan fingerprint density at radius 3 is 2.42 bits per heavy atom. The van der Waals surface area contributed by atoms with Crippen molar-refractivity contribution < 1.29 is 22.2 Å². The van der Waals surface area contributed by atoms with Gasteiger partial charge in [0, 0.05) is 57.2 Å². The third-order valence-corrected chi connectivity index (χ3v) is 9.11. The zero-order valence-corrected chi connectivity index (χ0v) is 23.8. The van der Waals surface area contributed by atoms with E-state index in [9.17, 15) is 17.6 Å². The molecule has 3 aliphatic rings. The Balaban J connectivity index is 0.000000248. The van der Waals surface area contributed by atoms with Gasteiger partial charge in [0.05, 0.1) is 16.3 Å². The molecule has 212 valence electrons. The number of rotatable bonds is 6. The third kappa shape index (κ3) is 6.06. The largest absolute Gasteiger partial charge is 0.371 e. The molecule has 2 atom stereocenters. The van der Waals surface area contributed by atoms with Crippen molar-refractivity contribution in [1.29, 1.82) is 0 Å². The Morgan fingerprint density at radius 2 is 1.73 bits per heavy atom. The van der Waals surface area contributed by atoms with Gasteiger partial charge in [0.25, 0.3) is 10.1 Å². The van der Waals surface area contributed by atoms with E-state index in [2.05, 4.69) is 39.9 Å². The monoisotopic (exact) mass is 565 g/mol. The van der Waals surface area contributed by atoms with Gasteiger partial charge < -0.3 is 14.7 Å². The average Bonchev–Trinajstić information content (AvgIpc) is 3.25. The lowest BCUT2D eigenvalue weighted by atomic mass is 9.89. The number of halogens is 1. The van der Waals surface area contributed by atoms with Gasteiger partial charge in [0.2, 0.25) is 0 Å². The van der Waals surface area contributed by atoms with E-state index in [-0.39, 0.29) is 16.5 Å². The fourth-order valence-corrected chi connectivity index (χ4v) is 6.61. The maximum atomic E-state index is 13.0. The lowest BCUT2D eigenvalue weighted by molar-refractivity contribution is 0.0971. The topological polar surface area (TPSA) is 81.2 Å². The number of carbonyl (C=O) groups excluding carboxylic acids is 1. The highest BCUT2D eigenvalue weighted by atomic mass is 32.2. The summed E-state index contributed by atoms with van der Waals surface area (Å²) in [7, 11) is -1.83. The zero-order valence-electron chi connectivity index (χ0n) is 23.0. The van der Waals surface area contributed by atoms with E-state index >= 15 is 0 Å². The minimum Gasteiger partial charge on any atom is -0.371 e. The molecule has 1 N–H and O–H groups in total. The number of likely N-dealkylation sites (tertiary alicyclic amines) is 1. The number of hydrogen-bond acceptors (Lipinski definition) is 6. The van der Waals surface area contributed by atoms with Gasteiger partial charge in [-0.1, -0.05) is 29.8 Å². The van der Waals surface area contributed by atoms with Gasteiger partial charge in [-0.15, -0.1) is 0 Å². The van der Waals surface area contributed by atoms with Gasteiger partial charge in [0.1, 0.15) is 5.82 Å². The molecule has 3 heterocycles. The van der Waals surface area contributed by atoms with Crippen LogP contribution in [-0.2, 0) is 10.1 Å². The maximum absolute atomic E-state index is 13.0. The number of Topliss-reactive ketones (excluding diaryl/α,β-unsaturated/α-hetero) is 1. The number of carbonyl (C=O) groups is 1. The molecular formula is C31H36FN3O4S. The number of para-hydroxylation sites is 1. The highest BCUT2D eigenvalue weighted by molar-refractivity contribution is 7.85. The van der Waals surface area contributed by atoms with E-state index in [4.69, 9.17) is 4.55 Å². The summed E-state index contributed by atoms with van der Waals surface area (Å²) in [6.45, 7) is 7.18. The second-order valence-electron chi connectivity index (χ2n) is 10.9. The SMILES string of the molecule is CN1CCN2c3c(cccc31)[C@H]1CN(CCCC(=O)c3ccc(F)cc3)CC[C@H]12.Cc1ccc(S(=O)(=O)O)cc1. The van der Waals surface area contributed by atoms with Crippen molar-refractivity contribution in [3.05, 3.63) is 89.2 Å². The molecule has 0 bridgehead atoms. The highest BCUT2D eigenvalue weighted by Crippen LogP contribution is 2.50. The van der Waals surface area contributed by atoms with Gasteiger partial charge in [-0.05, 0) is 74.3 Å². The molecule has 0 aromatic heterocycles. The number of likely N-dealkylation sites (N-methyl/N-ethyl adjacent to an activating group) is 1. The molecule has 0 radical (unpaired) electrons. The molecule has 0 unspecified atom stereocenters. The quantitative estimate of drug-likeness (QED) is 0.327. The molecule has 3 aromatic rings. The Bertz CT molecular complexity index is 1460. The predicted molar refractivity (Wildman–Crippen MR) is 156 cm³/mol. The fraction of sp³-hybridized carbons (Fsp3) is 0.387. The molecule has 1 saturated heterocycles. The van der Waals surface area contributed by atoms with Crippen LogP contribution in [-0.4, -0.2) is 69.5 Å². The average molecular weight is 566 g/mol. The molecule has 6 rings (SSSR count). The molecule has 0 saturated carbocycles. The summed E-state index contributed by atoms with van der Waals surface area (Å²) in [4.78, 5) is 19.8. The first-order chi connectivity index (χ1) is 19.1. The van der Waals surface area contributed by atoms with Crippen LogP contribution in [0.5, 0.6) is 0 Å². The lowest BCUT2D eigenvalue weighted by Gasteiger charge is -2.41. The molecule has 1 fully saturated rings. The first kappa shape index (κ1) is 28.3. The Labute approximate surface area is 236 Å². The number of nitrogens with zero attached hydrogens (tertiary/aromatic N) is 3. The number of hydrogen-bond donors (Lipinski definition) is 1. The summed E-state index contributed by atoms with van der Waals surface area (Å²) in [5, 5.41) is 0. The van der Waals surface area contributed by atoms with Crippen molar-refractivity contribution in [3.8, 4) is 0 Å². The van der Waals surface area contributed by atoms with Gasteiger partial charge in [-0.2, -0.15) is 8.42 Å². The highest BCUT2D eigenvalue weighted by Gasteiger charge is 2.44. The molecule has 0 spiro atoms. The van der Waals surface area contributed by atoms with Crippen molar-refractivity contribution in [3.63, 3.8) is 0 Å². The number of piperidine rings is 1. The standard InChI is InChI=1S/C24H28FN3O.C7H8O3S/c1-26-14-15-28-21-11-13-27(16-20(21)19-4-2-5-22(26)24(19)28)12-3-6-23(29)17-7-9-18(25)10-8-17;1-6-2-4-7(5-3-6)11(8,9)10/h2,4-5,7-10,20-21H,3,6,11-16H2,1H3;2-5H,1H3,(H,8,9,10)/t20-,21-;/m1./s1. The minimum atomic E-state index is -4.02. The number of fused-ring (bicyclic) bond motifs is 3. The number of anilines is 2. The number of benzene rings is 3. The maximum Gasteiger partial charge on any atom is 0.294 e. The van der Waals surface area contributed by atoms with Crippen LogP contribution in [0, 0.1) is 12.7 Å².